The third-order valence-electron chi connectivity index (χ3n) is 3.97. The van der Waals surface area contributed by atoms with Crippen LogP contribution in [0.2, 0.25) is 0 Å². The van der Waals surface area contributed by atoms with Crippen molar-refractivity contribution in [3.8, 4) is 18.1 Å². The van der Waals surface area contributed by atoms with Gasteiger partial charge in [0.15, 0.2) is 0 Å². The summed E-state index contributed by atoms with van der Waals surface area (Å²) in [6.45, 7) is 4.09. The van der Waals surface area contributed by atoms with Gasteiger partial charge < -0.3 is 10.1 Å². The molecule has 1 aromatic carbocycles. The second-order valence-corrected chi connectivity index (χ2v) is 5.54. The van der Waals surface area contributed by atoms with Crippen LogP contribution in [0.25, 0.3) is 0 Å². The van der Waals surface area contributed by atoms with Crippen molar-refractivity contribution in [2.24, 2.45) is 5.92 Å². The van der Waals surface area contributed by atoms with E-state index in [0.717, 1.165) is 51.0 Å². The molecule has 0 fully saturated rings. The maximum absolute atomic E-state index is 5.92. The molecule has 0 spiro atoms. The number of rotatable bonds is 7. The molecule has 0 radical (unpaired) electrons. The highest BCUT2D eigenvalue weighted by molar-refractivity contribution is 5.35. The SMILES string of the molecule is C#CCCCC(NCCC)C1COc2ccccc2C1. The van der Waals surface area contributed by atoms with Crippen LogP contribution < -0.4 is 10.1 Å². The zero-order valence-electron chi connectivity index (χ0n) is 12.4. The number of nitrogens with one attached hydrogen (secondary N) is 1. The Bertz CT molecular complexity index is 449. The quantitative estimate of drug-likeness (QED) is 0.606. The van der Waals surface area contributed by atoms with E-state index in [2.05, 4.69) is 36.4 Å². The van der Waals surface area contributed by atoms with Crippen LogP contribution in [0.3, 0.4) is 0 Å². The minimum Gasteiger partial charge on any atom is -0.493 e. The molecule has 2 unspecified atom stereocenters. The van der Waals surface area contributed by atoms with Gasteiger partial charge in [0.05, 0.1) is 6.61 Å². The second-order valence-electron chi connectivity index (χ2n) is 5.54. The first-order valence-electron chi connectivity index (χ1n) is 7.72. The highest BCUT2D eigenvalue weighted by Crippen LogP contribution is 2.29. The Labute approximate surface area is 122 Å². The molecule has 2 nitrogen and oxygen atoms in total. The van der Waals surface area contributed by atoms with Crippen LogP contribution in [0.5, 0.6) is 5.75 Å². The van der Waals surface area contributed by atoms with Gasteiger partial charge in [-0.05, 0) is 43.9 Å². The predicted molar refractivity (Wildman–Crippen MR) is 83.9 cm³/mol. The molecule has 1 heterocycles. The minimum absolute atomic E-state index is 0.511. The monoisotopic (exact) mass is 271 g/mol. The van der Waals surface area contributed by atoms with E-state index in [1.54, 1.807) is 0 Å². The fraction of sp³-hybridized carbons (Fsp3) is 0.556. The Kier molecular flexibility index (Phi) is 5.95. The lowest BCUT2D eigenvalue weighted by atomic mass is 9.87. The lowest BCUT2D eigenvalue weighted by Crippen LogP contribution is -2.42. The number of terminal acetylenes is 1. The largest absolute Gasteiger partial charge is 0.493 e. The molecule has 2 rings (SSSR count). The summed E-state index contributed by atoms with van der Waals surface area (Å²) < 4.78 is 5.92. The van der Waals surface area contributed by atoms with Gasteiger partial charge in [-0.15, -0.1) is 12.3 Å². The molecule has 2 atom stereocenters. The Balaban J connectivity index is 1.97. The molecular weight excluding hydrogens is 246 g/mol. The molecule has 1 N–H and O–H groups in total. The van der Waals surface area contributed by atoms with Crippen molar-refractivity contribution in [3.05, 3.63) is 29.8 Å². The van der Waals surface area contributed by atoms with Crippen LogP contribution >= 0.6 is 0 Å². The van der Waals surface area contributed by atoms with Gasteiger partial charge in [0.1, 0.15) is 5.75 Å². The molecule has 0 bridgehead atoms. The third-order valence-corrected chi connectivity index (χ3v) is 3.97. The maximum atomic E-state index is 5.92. The summed E-state index contributed by atoms with van der Waals surface area (Å²) in [6.07, 6.45) is 10.7. The lowest BCUT2D eigenvalue weighted by molar-refractivity contribution is 0.178. The summed E-state index contributed by atoms with van der Waals surface area (Å²) in [5.74, 6) is 4.35. The van der Waals surface area contributed by atoms with Gasteiger partial charge in [-0.1, -0.05) is 25.1 Å². The Morgan fingerprint density at radius 2 is 2.30 bits per heavy atom. The first-order valence-corrected chi connectivity index (χ1v) is 7.72. The molecule has 0 aliphatic carbocycles. The number of benzene rings is 1. The molecule has 1 aliphatic rings. The fourth-order valence-corrected chi connectivity index (χ4v) is 2.87. The van der Waals surface area contributed by atoms with Crippen molar-refractivity contribution < 1.29 is 4.74 Å². The minimum atomic E-state index is 0.511. The van der Waals surface area contributed by atoms with Crippen molar-refractivity contribution in [1.82, 2.24) is 5.32 Å². The summed E-state index contributed by atoms with van der Waals surface area (Å²) in [4.78, 5) is 0. The molecule has 0 amide bonds. The molecular formula is C18H25NO. The first kappa shape index (κ1) is 14.9. The van der Waals surface area contributed by atoms with E-state index in [4.69, 9.17) is 11.2 Å². The summed E-state index contributed by atoms with van der Waals surface area (Å²) in [7, 11) is 0. The molecule has 0 saturated heterocycles. The highest BCUT2D eigenvalue weighted by atomic mass is 16.5. The van der Waals surface area contributed by atoms with Gasteiger partial charge in [0, 0.05) is 18.4 Å². The topological polar surface area (TPSA) is 21.3 Å². The Morgan fingerprint density at radius 1 is 1.45 bits per heavy atom. The van der Waals surface area contributed by atoms with Gasteiger partial charge in [0.25, 0.3) is 0 Å². The normalized spacial score (nSPS) is 18.7. The van der Waals surface area contributed by atoms with Crippen LogP contribution in [0.15, 0.2) is 24.3 Å². The number of para-hydroxylation sites is 1. The summed E-state index contributed by atoms with van der Waals surface area (Å²) in [5, 5.41) is 3.68. The predicted octanol–water partition coefficient (Wildman–Crippen LogP) is 3.41. The van der Waals surface area contributed by atoms with Crippen LogP contribution in [-0.2, 0) is 6.42 Å². The average molecular weight is 271 g/mol. The molecule has 20 heavy (non-hydrogen) atoms. The molecule has 2 heteroatoms. The number of fused-ring (bicyclic) bond motifs is 1. The van der Waals surface area contributed by atoms with E-state index in [1.165, 1.54) is 5.56 Å². The maximum Gasteiger partial charge on any atom is 0.122 e. The van der Waals surface area contributed by atoms with Crippen LogP contribution in [0, 0.1) is 18.3 Å². The molecule has 0 aromatic heterocycles. The molecule has 108 valence electrons. The Hall–Kier alpha value is -1.46. The summed E-state index contributed by atoms with van der Waals surface area (Å²) >= 11 is 0. The van der Waals surface area contributed by atoms with Crippen molar-refractivity contribution in [1.29, 1.82) is 0 Å². The van der Waals surface area contributed by atoms with Crippen molar-refractivity contribution in [2.75, 3.05) is 13.2 Å². The van der Waals surface area contributed by atoms with Gasteiger partial charge >= 0.3 is 0 Å². The Morgan fingerprint density at radius 3 is 3.10 bits per heavy atom. The van der Waals surface area contributed by atoms with Crippen LogP contribution in [0.4, 0.5) is 0 Å². The molecule has 1 aromatic rings. The van der Waals surface area contributed by atoms with Crippen molar-refractivity contribution in [2.45, 2.75) is 45.1 Å². The van der Waals surface area contributed by atoms with E-state index < -0.39 is 0 Å². The number of unbranched alkanes of at least 4 members (excludes halogenated alkanes) is 1. The van der Waals surface area contributed by atoms with Gasteiger partial charge in [-0.3, -0.25) is 0 Å². The first-order chi connectivity index (χ1) is 9.85. The zero-order valence-corrected chi connectivity index (χ0v) is 12.4. The van der Waals surface area contributed by atoms with Gasteiger partial charge in [-0.2, -0.15) is 0 Å². The standard InChI is InChI=1S/C18H25NO/c1-3-5-6-10-17(19-12-4-2)16-13-15-9-7-8-11-18(15)20-14-16/h1,7-9,11,16-17,19H,4-6,10,12-14H2,2H3. The van der Waals surface area contributed by atoms with E-state index in [1.807, 2.05) is 6.07 Å². The molecule has 0 saturated carbocycles. The fourth-order valence-electron chi connectivity index (χ4n) is 2.87. The average Bonchev–Trinajstić information content (AvgIpc) is 2.50. The number of hydrogen-bond acceptors (Lipinski definition) is 2. The molecule has 1 aliphatic heterocycles. The van der Waals surface area contributed by atoms with E-state index in [9.17, 15) is 0 Å². The highest BCUT2D eigenvalue weighted by Gasteiger charge is 2.26. The second kappa shape index (κ2) is 7.97. The van der Waals surface area contributed by atoms with E-state index in [0.29, 0.717) is 12.0 Å². The number of ether oxygens (including phenoxy) is 1. The van der Waals surface area contributed by atoms with Crippen LogP contribution in [0.1, 0.15) is 38.2 Å². The van der Waals surface area contributed by atoms with E-state index >= 15 is 0 Å². The van der Waals surface area contributed by atoms with E-state index in [-0.39, 0.29) is 0 Å². The van der Waals surface area contributed by atoms with Crippen molar-refractivity contribution >= 4 is 0 Å². The summed E-state index contributed by atoms with van der Waals surface area (Å²) in [5.41, 5.74) is 1.34. The lowest BCUT2D eigenvalue weighted by Gasteiger charge is -2.32. The van der Waals surface area contributed by atoms with Crippen LogP contribution in [-0.4, -0.2) is 19.2 Å². The smallest absolute Gasteiger partial charge is 0.122 e. The van der Waals surface area contributed by atoms with Gasteiger partial charge in [-0.25, -0.2) is 0 Å². The zero-order chi connectivity index (χ0) is 14.2. The van der Waals surface area contributed by atoms with Gasteiger partial charge in [0.2, 0.25) is 0 Å². The summed E-state index contributed by atoms with van der Waals surface area (Å²) in [6, 6.07) is 8.89. The number of hydrogen-bond donors (Lipinski definition) is 1. The van der Waals surface area contributed by atoms with Crippen molar-refractivity contribution in [3.63, 3.8) is 0 Å². The third kappa shape index (κ3) is 4.02.